The minimum atomic E-state index is -1.04. The number of likely N-dealkylation sites (N-methyl/N-ethyl adjacent to an activating group) is 1. The number of ether oxygens (including phenoxy) is 3. The van der Waals surface area contributed by atoms with Gasteiger partial charge in [-0.3, -0.25) is 24.4 Å². The zero-order valence-corrected chi connectivity index (χ0v) is 39.4. The molecule has 6 bridgehead atoms. The van der Waals surface area contributed by atoms with E-state index in [2.05, 4.69) is 60.3 Å². The molecule has 4 aromatic rings. The number of cyclic esters (lactones) is 1. The maximum Gasteiger partial charge on any atom is 0.324 e. The molecule has 1 unspecified atom stereocenters. The number of rotatable bonds is 8. The van der Waals surface area contributed by atoms with Crippen molar-refractivity contribution in [2.45, 2.75) is 123 Å². The highest BCUT2D eigenvalue weighted by Crippen LogP contribution is 2.43. The van der Waals surface area contributed by atoms with Gasteiger partial charge in [-0.05, 0) is 88.1 Å². The van der Waals surface area contributed by atoms with E-state index < -0.39 is 35.4 Å². The number of fused-ring (bicyclic) bond motifs is 6. The summed E-state index contributed by atoms with van der Waals surface area (Å²) in [4.78, 5) is 70.5. The number of hydrazine groups is 1. The molecule has 0 aliphatic carbocycles. The van der Waals surface area contributed by atoms with Crippen LogP contribution in [0.1, 0.15) is 96.0 Å². The van der Waals surface area contributed by atoms with Gasteiger partial charge >= 0.3 is 12.0 Å². The van der Waals surface area contributed by atoms with E-state index in [4.69, 9.17) is 24.2 Å². The van der Waals surface area contributed by atoms with Crippen molar-refractivity contribution in [3.8, 4) is 22.5 Å². The lowest BCUT2D eigenvalue weighted by Gasteiger charge is -2.56. The minimum absolute atomic E-state index is 0.111. The Morgan fingerprint density at radius 1 is 1.11 bits per heavy atom. The highest BCUT2D eigenvalue weighted by atomic mass is 32.1. The summed E-state index contributed by atoms with van der Waals surface area (Å²) >= 11 is 1.43. The number of aromatic nitrogens is 3. The Balaban J connectivity index is 1.16. The second kappa shape index (κ2) is 18.5. The Kier molecular flexibility index (Phi) is 13.2. The van der Waals surface area contributed by atoms with Gasteiger partial charge in [-0.25, -0.2) is 15.2 Å². The number of urea groups is 1. The van der Waals surface area contributed by atoms with Gasteiger partial charge in [-0.1, -0.05) is 33.8 Å². The third-order valence-corrected chi connectivity index (χ3v) is 14.7. The molecule has 1 spiro atoms. The summed E-state index contributed by atoms with van der Waals surface area (Å²) in [6, 6.07) is 7.63. The van der Waals surface area contributed by atoms with Crippen LogP contribution in [0.2, 0.25) is 0 Å². The molecule has 15 nitrogen and oxygen atoms in total. The lowest BCUT2D eigenvalue weighted by molar-refractivity contribution is -0.155. The zero-order valence-electron chi connectivity index (χ0n) is 38.6. The number of pyridine rings is 1. The number of nitrogens with one attached hydrogen (secondary N) is 2. The Labute approximate surface area is 380 Å². The highest BCUT2D eigenvalue weighted by molar-refractivity contribution is 7.10. The van der Waals surface area contributed by atoms with Gasteiger partial charge in [-0.2, -0.15) is 0 Å². The van der Waals surface area contributed by atoms with Gasteiger partial charge in [0.15, 0.2) is 0 Å². The Hall–Kier alpha value is -4.90. The number of hydrogen-bond acceptors (Lipinski definition) is 11. The van der Waals surface area contributed by atoms with Crippen molar-refractivity contribution in [3.63, 3.8) is 0 Å². The first kappa shape index (κ1) is 45.7. The topological polar surface area (TPSA) is 160 Å². The van der Waals surface area contributed by atoms with Crippen molar-refractivity contribution in [3.05, 3.63) is 58.2 Å². The number of amides is 4. The molecule has 4 aliphatic heterocycles. The molecule has 8 rings (SSSR count). The van der Waals surface area contributed by atoms with Crippen LogP contribution in [0.5, 0.6) is 0 Å². The molecule has 1 aromatic carbocycles. The molecule has 4 amide bonds. The summed E-state index contributed by atoms with van der Waals surface area (Å²) in [5, 5.41) is 8.25. The lowest BCUT2D eigenvalue weighted by atomic mass is 9.78. The molecule has 2 N–H and O–H groups in total. The molecular weight excluding hydrogens is 833 g/mol. The van der Waals surface area contributed by atoms with Crippen LogP contribution in [-0.2, 0) is 48.0 Å². The molecule has 0 radical (unpaired) electrons. The first-order chi connectivity index (χ1) is 30.6. The third kappa shape index (κ3) is 8.78. The second-order valence-corrected chi connectivity index (χ2v) is 20.0. The van der Waals surface area contributed by atoms with Gasteiger partial charge in [0.05, 0.1) is 40.3 Å². The van der Waals surface area contributed by atoms with Gasteiger partial charge in [0.25, 0.3) is 5.91 Å². The van der Waals surface area contributed by atoms with E-state index in [0.717, 1.165) is 63.9 Å². The maximum atomic E-state index is 14.6. The van der Waals surface area contributed by atoms with E-state index in [9.17, 15) is 19.2 Å². The second-order valence-electron chi connectivity index (χ2n) is 19.1. The highest BCUT2D eigenvalue weighted by Gasteiger charge is 2.50. The van der Waals surface area contributed by atoms with Gasteiger partial charge in [0.1, 0.15) is 18.1 Å². The van der Waals surface area contributed by atoms with E-state index in [1.807, 2.05) is 37.1 Å². The summed E-state index contributed by atoms with van der Waals surface area (Å²) < 4.78 is 19.9. The van der Waals surface area contributed by atoms with Gasteiger partial charge in [0, 0.05) is 92.4 Å². The maximum absolute atomic E-state index is 14.6. The number of nitrogens with zero attached hydrogens (tertiary/aromatic N) is 6. The van der Waals surface area contributed by atoms with Crippen molar-refractivity contribution in [2.24, 2.45) is 11.3 Å². The van der Waals surface area contributed by atoms with Crippen LogP contribution in [0, 0.1) is 11.3 Å². The summed E-state index contributed by atoms with van der Waals surface area (Å²) in [7, 11) is 3.37. The fourth-order valence-electron chi connectivity index (χ4n) is 10.2. The Bertz CT molecular complexity index is 2390. The fraction of sp³-hybridized carbons (Fsp3) is 0.583. The molecule has 3 fully saturated rings. The van der Waals surface area contributed by atoms with Crippen LogP contribution in [-0.4, -0.2) is 124 Å². The number of carbonyl (C=O) groups is 4. The first-order valence-electron chi connectivity index (χ1n) is 22.9. The van der Waals surface area contributed by atoms with E-state index in [1.54, 1.807) is 20.4 Å². The van der Waals surface area contributed by atoms with Crippen LogP contribution in [0.3, 0.4) is 0 Å². The summed E-state index contributed by atoms with van der Waals surface area (Å²) in [5.74, 6) is -1.51. The average Bonchev–Trinajstić information content (AvgIpc) is 3.88. The van der Waals surface area contributed by atoms with Crippen molar-refractivity contribution >= 4 is 46.1 Å². The van der Waals surface area contributed by atoms with E-state index in [-0.39, 0.29) is 42.5 Å². The first-order valence-corrected chi connectivity index (χ1v) is 23.8. The molecular formula is C48H64N8O7S. The Morgan fingerprint density at radius 3 is 2.59 bits per heavy atom. The summed E-state index contributed by atoms with van der Waals surface area (Å²) in [5.41, 5.74) is 9.17. The molecule has 3 saturated heterocycles. The Morgan fingerprint density at radius 2 is 1.89 bits per heavy atom. The normalized spacial score (nSPS) is 22.1. The number of benzene rings is 1. The standard InChI is InChI=1S/C48H64N8O7S/c1-9-54-38-15-14-31-24-33(38)34(42(54)32-12-10-19-49-40(32)30(4)61-8)26-47(5,6)28-63-45(59)35-13-11-20-56(52-35)44(58)36(25-39-50-37(31)27-64-39)51-43(57)41(29(2)3)53(7)46(60)55-21-16-48(55)17-22-62-23-18-48/h10,12,14-15,19,24,27,29-30,35-36,41,52H,9,11,13,16-18,20-23,25-26,28H2,1-8H3,(H,51,57)/t30-,35-,36-,41?/m0/s1. The smallest absolute Gasteiger partial charge is 0.324 e. The van der Waals surface area contributed by atoms with Gasteiger partial charge < -0.3 is 33.9 Å². The van der Waals surface area contributed by atoms with E-state index >= 15 is 0 Å². The van der Waals surface area contributed by atoms with Crippen LogP contribution in [0.25, 0.3) is 33.4 Å². The largest absolute Gasteiger partial charge is 0.464 e. The number of likely N-dealkylation sites (tertiary alicyclic amines) is 1. The zero-order chi connectivity index (χ0) is 45.5. The molecule has 7 heterocycles. The third-order valence-electron chi connectivity index (χ3n) is 13.8. The molecule has 3 aromatic heterocycles. The van der Waals surface area contributed by atoms with Crippen molar-refractivity contribution in [1.82, 2.24) is 40.1 Å². The molecule has 0 saturated carbocycles. The number of esters is 1. The monoisotopic (exact) mass is 896 g/mol. The fourth-order valence-corrected chi connectivity index (χ4v) is 11.0. The molecule has 64 heavy (non-hydrogen) atoms. The van der Waals surface area contributed by atoms with Crippen molar-refractivity contribution < 1.29 is 33.4 Å². The lowest BCUT2D eigenvalue weighted by Crippen LogP contribution is -2.68. The quantitative estimate of drug-likeness (QED) is 0.186. The molecule has 344 valence electrons. The number of aryl methyl sites for hydroxylation is 1. The summed E-state index contributed by atoms with van der Waals surface area (Å²) in [6.45, 7) is 15.2. The predicted octanol–water partition coefficient (Wildman–Crippen LogP) is 6.53. The van der Waals surface area contributed by atoms with Crippen LogP contribution in [0.15, 0.2) is 41.9 Å². The van der Waals surface area contributed by atoms with Gasteiger partial charge in [0.2, 0.25) is 5.91 Å². The number of hydrogen-bond donors (Lipinski definition) is 2. The van der Waals surface area contributed by atoms with E-state index in [0.29, 0.717) is 57.1 Å². The van der Waals surface area contributed by atoms with E-state index in [1.165, 1.54) is 21.2 Å². The van der Waals surface area contributed by atoms with Crippen LogP contribution < -0.4 is 10.7 Å². The van der Waals surface area contributed by atoms with Crippen molar-refractivity contribution in [1.29, 1.82) is 0 Å². The predicted molar refractivity (Wildman–Crippen MR) is 245 cm³/mol. The average molecular weight is 897 g/mol. The SMILES string of the molecule is CCn1c(-c2cccnc2[C@H](C)OC)c2c3cc(ccc31)-c1csc(n1)C[C@H](NC(=O)C(C(C)C)N(C)C(=O)N1CCC13CCOCC3)C(=O)N1CCC[C@H](N1)C(=O)OCC(C)(C)C2. The minimum Gasteiger partial charge on any atom is -0.464 e. The molecule has 4 aliphatic rings. The van der Waals surface area contributed by atoms with Crippen LogP contribution in [0.4, 0.5) is 4.79 Å². The van der Waals surface area contributed by atoms with Crippen molar-refractivity contribution in [2.75, 3.05) is 47.1 Å². The molecule has 4 atom stereocenters. The number of thiazole rings is 1. The van der Waals surface area contributed by atoms with Crippen LogP contribution >= 0.6 is 11.3 Å². The summed E-state index contributed by atoms with van der Waals surface area (Å²) in [6.07, 6.45) is 5.76. The number of carbonyl (C=O) groups excluding carboxylic acids is 4. The molecule has 16 heteroatoms. The number of methoxy groups -OCH3 is 1. The van der Waals surface area contributed by atoms with Gasteiger partial charge in [-0.15, -0.1) is 11.3 Å².